The molecule has 0 aliphatic carbocycles. The van der Waals surface area contributed by atoms with Gasteiger partial charge in [-0.25, -0.2) is 4.98 Å². The predicted octanol–water partition coefficient (Wildman–Crippen LogP) is 3.84. The minimum absolute atomic E-state index is 0.0290. The van der Waals surface area contributed by atoms with Crippen LogP contribution in [0, 0.1) is 12.3 Å². The smallest absolute Gasteiger partial charge is 0.231 e. The van der Waals surface area contributed by atoms with Crippen molar-refractivity contribution in [2.45, 2.75) is 20.8 Å². The highest BCUT2D eigenvalue weighted by molar-refractivity contribution is 7.98. The van der Waals surface area contributed by atoms with Crippen molar-refractivity contribution in [3.05, 3.63) is 30.2 Å². The Kier molecular flexibility index (Phi) is 5.00. The fourth-order valence-electron chi connectivity index (χ4n) is 1.82. The van der Waals surface area contributed by atoms with Gasteiger partial charge in [0.1, 0.15) is 10.0 Å². The van der Waals surface area contributed by atoms with E-state index in [0.717, 1.165) is 27.0 Å². The number of nitrogens with one attached hydrogen (secondary N) is 1. The first kappa shape index (κ1) is 16.0. The summed E-state index contributed by atoms with van der Waals surface area (Å²) in [7, 11) is 0. The Bertz CT molecular complexity index is 623. The fraction of sp³-hybridized carbons (Fsp3) is 0.400. The van der Waals surface area contributed by atoms with E-state index in [-0.39, 0.29) is 5.91 Å². The van der Waals surface area contributed by atoms with Gasteiger partial charge in [-0.2, -0.15) is 11.8 Å². The zero-order valence-electron chi connectivity index (χ0n) is 12.6. The Morgan fingerprint density at radius 2 is 2.24 bits per heavy atom. The molecule has 1 N–H and O–H groups in total. The van der Waals surface area contributed by atoms with Crippen LogP contribution in [0.15, 0.2) is 24.5 Å². The molecule has 2 aromatic rings. The Labute approximate surface area is 133 Å². The molecule has 0 fully saturated rings. The van der Waals surface area contributed by atoms with Crippen molar-refractivity contribution in [3.63, 3.8) is 0 Å². The lowest BCUT2D eigenvalue weighted by molar-refractivity contribution is -0.122. The number of thioether (sulfide) groups is 1. The summed E-state index contributed by atoms with van der Waals surface area (Å²) in [5.41, 5.74) is 1.41. The number of thiazole rings is 1. The lowest BCUT2D eigenvalue weighted by atomic mass is 9.95. The van der Waals surface area contributed by atoms with E-state index in [4.69, 9.17) is 0 Å². The largest absolute Gasteiger partial charge is 0.316 e. The maximum Gasteiger partial charge on any atom is 0.231 e. The summed E-state index contributed by atoms with van der Waals surface area (Å²) in [4.78, 5) is 21.0. The van der Waals surface area contributed by atoms with E-state index >= 15 is 0 Å². The van der Waals surface area contributed by atoms with E-state index in [0.29, 0.717) is 0 Å². The highest BCUT2D eigenvalue weighted by atomic mass is 32.2. The van der Waals surface area contributed by atoms with E-state index in [1.54, 1.807) is 24.2 Å². The maximum atomic E-state index is 12.4. The third-order valence-electron chi connectivity index (χ3n) is 3.05. The van der Waals surface area contributed by atoms with E-state index < -0.39 is 5.41 Å². The molecule has 0 aromatic carbocycles. The molecule has 21 heavy (non-hydrogen) atoms. The molecule has 2 aromatic heterocycles. The summed E-state index contributed by atoms with van der Waals surface area (Å²) in [5, 5.41) is 4.70. The highest BCUT2D eigenvalue weighted by Gasteiger charge is 2.28. The molecule has 0 spiro atoms. The molecule has 0 saturated heterocycles. The van der Waals surface area contributed by atoms with Gasteiger partial charge < -0.3 is 5.32 Å². The lowest BCUT2D eigenvalue weighted by Gasteiger charge is -2.21. The molecular weight excluding hydrogens is 302 g/mol. The molecule has 1 amide bonds. The van der Waals surface area contributed by atoms with Gasteiger partial charge in [-0.15, -0.1) is 0 Å². The number of aromatic nitrogens is 2. The standard InChI is InChI=1S/C15H19N3OS2/c1-10-12(18-14(19)15(2,3)9-20-4)21-13(17-10)11-6-5-7-16-8-11/h5-8H,9H2,1-4H3,(H,18,19). The van der Waals surface area contributed by atoms with E-state index in [1.807, 2.05) is 39.2 Å². The summed E-state index contributed by atoms with van der Waals surface area (Å²) < 4.78 is 0. The molecule has 0 aliphatic heterocycles. The van der Waals surface area contributed by atoms with Crippen LogP contribution >= 0.6 is 23.1 Å². The van der Waals surface area contributed by atoms with Gasteiger partial charge in [-0.1, -0.05) is 25.2 Å². The van der Waals surface area contributed by atoms with Gasteiger partial charge in [-0.05, 0) is 25.3 Å². The molecule has 112 valence electrons. The monoisotopic (exact) mass is 321 g/mol. The van der Waals surface area contributed by atoms with Crippen LogP contribution in [-0.2, 0) is 4.79 Å². The van der Waals surface area contributed by atoms with Crippen molar-refractivity contribution in [1.82, 2.24) is 9.97 Å². The van der Waals surface area contributed by atoms with E-state index in [1.165, 1.54) is 11.3 Å². The van der Waals surface area contributed by atoms with Crippen LogP contribution in [0.2, 0.25) is 0 Å². The van der Waals surface area contributed by atoms with Gasteiger partial charge in [0, 0.05) is 23.7 Å². The Morgan fingerprint density at radius 3 is 2.86 bits per heavy atom. The number of carbonyl (C=O) groups is 1. The van der Waals surface area contributed by atoms with Crippen LogP contribution in [0.5, 0.6) is 0 Å². The number of pyridine rings is 1. The van der Waals surface area contributed by atoms with Crippen LogP contribution in [0.4, 0.5) is 5.00 Å². The molecule has 0 radical (unpaired) electrons. The Morgan fingerprint density at radius 1 is 1.48 bits per heavy atom. The summed E-state index contributed by atoms with van der Waals surface area (Å²) in [6, 6.07) is 3.85. The zero-order chi connectivity index (χ0) is 15.5. The number of amides is 1. The third-order valence-corrected chi connectivity index (χ3v) is 5.18. The van der Waals surface area contributed by atoms with E-state index in [2.05, 4.69) is 15.3 Å². The lowest BCUT2D eigenvalue weighted by Crippen LogP contribution is -2.32. The van der Waals surface area contributed by atoms with Crippen LogP contribution in [0.1, 0.15) is 19.5 Å². The van der Waals surface area contributed by atoms with Gasteiger partial charge in [0.15, 0.2) is 0 Å². The summed E-state index contributed by atoms with van der Waals surface area (Å²) in [6.07, 6.45) is 5.52. The van der Waals surface area contributed by atoms with Gasteiger partial charge in [0.05, 0.1) is 11.1 Å². The topological polar surface area (TPSA) is 54.9 Å². The van der Waals surface area contributed by atoms with Gasteiger partial charge in [-0.3, -0.25) is 9.78 Å². The second-order valence-corrected chi connectivity index (χ2v) is 7.31. The van der Waals surface area contributed by atoms with Crippen LogP contribution in [0.3, 0.4) is 0 Å². The molecule has 0 atom stereocenters. The van der Waals surface area contributed by atoms with E-state index in [9.17, 15) is 4.79 Å². The number of aryl methyl sites for hydroxylation is 1. The SMILES string of the molecule is CSCC(C)(C)C(=O)Nc1sc(-c2cccnc2)nc1C. The number of hydrogen-bond donors (Lipinski definition) is 1. The predicted molar refractivity (Wildman–Crippen MR) is 90.9 cm³/mol. The third kappa shape index (κ3) is 3.83. The molecule has 0 unspecified atom stereocenters. The van der Waals surface area contributed by atoms with Crippen molar-refractivity contribution in [2.24, 2.45) is 5.41 Å². The summed E-state index contributed by atoms with van der Waals surface area (Å²) in [6.45, 7) is 5.82. The molecule has 0 bridgehead atoms. The molecular formula is C15H19N3OS2. The number of anilines is 1. The molecule has 0 aliphatic rings. The molecule has 2 heterocycles. The molecule has 2 rings (SSSR count). The van der Waals surface area contributed by atoms with Crippen molar-refractivity contribution in [1.29, 1.82) is 0 Å². The molecule has 4 nitrogen and oxygen atoms in total. The highest BCUT2D eigenvalue weighted by Crippen LogP contribution is 2.32. The normalized spacial score (nSPS) is 11.4. The van der Waals surface area contributed by atoms with Crippen molar-refractivity contribution >= 4 is 34.0 Å². The number of carbonyl (C=O) groups excluding carboxylic acids is 1. The number of rotatable bonds is 5. The summed E-state index contributed by atoms with van der Waals surface area (Å²) in [5.74, 6) is 0.813. The number of nitrogens with zero attached hydrogens (tertiary/aromatic N) is 2. The second-order valence-electron chi connectivity index (χ2n) is 5.45. The average molecular weight is 321 g/mol. The quantitative estimate of drug-likeness (QED) is 0.909. The average Bonchev–Trinajstić information content (AvgIpc) is 2.81. The first-order chi connectivity index (χ1) is 9.94. The minimum Gasteiger partial charge on any atom is -0.316 e. The maximum absolute atomic E-state index is 12.4. The van der Waals surface area contributed by atoms with Crippen molar-refractivity contribution in [2.75, 3.05) is 17.3 Å². The van der Waals surface area contributed by atoms with Crippen LogP contribution in [0.25, 0.3) is 10.6 Å². The fourth-order valence-corrected chi connectivity index (χ4v) is 3.63. The first-order valence-electron chi connectivity index (χ1n) is 6.62. The van der Waals surface area contributed by atoms with Crippen molar-refractivity contribution in [3.8, 4) is 10.6 Å². The molecule has 0 saturated carbocycles. The Hall–Kier alpha value is -1.40. The second kappa shape index (κ2) is 6.58. The van der Waals surface area contributed by atoms with Gasteiger partial charge >= 0.3 is 0 Å². The summed E-state index contributed by atoms with van der Waals surface area (Å²) >= 11 is 3.16. The zero-order valence-corrected chi connectivity index (χ0v) is 14.3. The molecule has 6 heteroatoms. The van der Waals surface area contributed by atoms with Gasteiger partial charge in [0.2, 0.25) is 5.91 Å². The van der Waals surface area contributed by atoms with Gasteiger partial charge in [0.25, 0.3) is 0 Å². The van der Waals surface area contributed by atoms with Crippen molar-refractivity contribution < 1.29 is 4.79 Å². The van der Waals surface area contributed by atoms with Crippen LogP contribution < -0.4 is 5.32 Å². The first-order valence-corrected chi connectivity index (χ1v) is 8.83. The Balaban J connectivity index is 2.19. The number of hydrogen-bond acceptors (Lipinski definition) is 5. The minimum atomic E-state index is -0.398. The van der Waals surface area contributed by atoms with Crippen LogP contribution in [-0.4, -0.2) is 27.9 Å².